The quantitative estimate of drug-likeness (QED) is 0.836. The molecule has 1 atom stereocenters. The van der Waals surface area contributed by atoms with Crippen molar-refractivity contribution in [2.24, 2.45) is 10.7 Å². The van der Waals surface area contributed by atoms with Crippen molar-refractivity contribution in [1.29, 1.82) is 0 Å². The van der Waals surface area contributed by atoms with E-state index in [4.69, 9.17) is 5.73 Å². The van der Waals surface area contributed by atoms with E-state index < -0.39 is 0 Å². The lowest BCUT2D eigenvalue weighted by atomic mass is 9.88. The fourth-order valence-electron chi connectivity index (χ4n) is 2.77. The SMILES string of the molecule is C=Cc1cnc(C(=O)Cc2cccc([C@]3(C)CCSC(N)=N3)c2)cn1. The minimum absolute atomic E-state index is 0.0624. The summed E-state index contributed by atoms with van der Waals surface area (Å²) in [6.45, 7) is 5.71. The first-order chi connectivity index (χ1) is 12.0. The van der Waals surface area contributed by atoms with Crippen molar-refractivity contribution in [3.63, 3.8) is 0 Å². The number of aliphatic imine (C=N–C) groups is 1. The maximum atomic E-state index is 12.5. The fourth-order valence-corrected chi connectivity index (χ4v) is 3.75. The van der Waals surface area contributed by atoms with Crippen LogP contribution in [0.25, 0.3) is 6.08 Å². The van der Waals surface area contributed by atoms with Crippen molar-refractivity contribution in [2.75, 3.05) is 5.75 Å². The topological polar surface area (TPSA) is 81.2 Å². The summed E-state index contributed by atoms with van der Waals surface area (Å²) in [4.78, 5) is 25.4. The van der Waals surface area contributed by atoms with Gasteiger partial charge in [0.25, 0.3) is 0 Å². The number of thioether (sulfide) groups is 1. The number of ketones is 1. The van der Waals surface area contributed by atoms with E-state index in [1.807, 2.05) is 24.3 Å². The minimum Gasteiger partial charge on any atom is -0.379 e. The van der Waals surface area contributed by atoms with E-state index in [-0.39, 0.29) is 17.7 Å². The highest BCUT2D eigenvalue weighted by Crippen LogP contribution is 2.35. The van der Waals surface area contributed by atoms with E-state index in [0.29, 0.717) is 16.6 Å². The molecule has 0 spiro atoms. The second-order valence-electron chi connectivity index (χ2n) is 6.15. The van der Waals surface area contributed by atoms with Crippen molar-refractivity contribution < 1.29 is 4.79 Å². The number of Topliss-reactive ketones (excluding diaryl/α,β-unsaturated/α-hetero) is 1. The molecule has 5 nitrogen and oxygen atoms in total. The van der Waals surface area contributed by atoms with E-state index in [0.717, 1.165) is 23.3 Å². The number of rotatable bonds is 5. The molecule has 0 bridgehead atoms. The average Bonchev–Trinajstić information content (AvgIpc) is 2.62. The lowest BCUT2D eigenvalue weighted by molar-refractivity contribution is 0.0988. The predicted octanol–water partition coefficient (Wildman–Crippen LogP) is 3.21. The summed E-state index contributed by atoms with van der Waals surface area (Å²) in [5, 5.41) is 0.618. The summed E-state index contributed by atoms with van der Waals surface area (Å²) in [6, 6.07) is 7.99. The Morgan fingerprint density at radius 1 is 1.40 bits per heavy atom. The number of carbonyl (C=O) groups excluding carboxylic acids is 1. The summed E-state index contributed by atoms with van der Waals surface area (Å²) in [5.41, 5.74) is 8.59. The van der Waals surface area contributed by atoms with Crippen LogP contribution in [0.1, 0.15) is 40.7 Å². The third-order valence-corrected chi connectivity index (χ3v) is 5.07. The Morgan fingerprint density at radius 3 is 2.92 bits per heavy atom. The Labute approximate surface area is 151 Å². The molecule has 1 aliphatic heterocycles. The molecule has 0 saturated carbocycles. The molecule has 1 aromatic heterocycles. The molecule has 0 unspecified atom stereocenters. The van der Waals surface area contributed by atoms with Crippen LogP contribution in [0.4, 0.5) is 0 Å². The van der Waals surface area contributed by atoms with Crippen LogP contribution in [0.5, 0.6) is 0 Å². The maximum absolute atomic E-state index is 12.5. The molecule has 0 fully saturated rings. The van der Waals surface area contributed by atoms with Gasteiger partial charge in [-0.25, -0.2) is 4.98 Å². The van der Waals surface area contributed by atoms with E-state index in [1.165, 1.54) is 6.20 Å². The molecule has 1 aromatic carbocycles. The van der Waals surface area contributed by atoms with Gasteiger partial charge in [-0.2, -0.15) is 0 Å². The van der Waals surface area contributed by atoms with Gasteiger partial charge in [0, 0.05) is 12.2 Å². The molecular weight excluding hydrogens is 332 g/mol. The first-order valence-electron chi connectivity index (χ1n) is 8.05. The standard InChI is InChI=1S/C19H20N4OS/c1-3-15-11-22-16(12-21-15)17(24)10-13-5-4-6-14(9-13)19(2)7-8-25-18(20)23-19/h3-6,9,11-12H,1,7-8,10H2,2H3,(H2,20,23)/t19-/m0/s1. The summed E-state index contributed by atoms with van der Waals surface area (Å²) >= 11 is 1.58. The Kier molecular flexibility index (Phi) is 4.99. The van der Waals surface area contributed by atoms with Gasteiger partial charge in [-0.1, -0.05) is 42.6 Å². The number of benzene rings is 1. The Morgan fingerprint density at radius 2 is 2.24 bits per heavy atom. The van der Waals surface area contributed by atoms with Crippen LogP contribution in [0.2, 0.25) is 0 Å². The fraction of sp³-hybridized carbons (Fsp3) is 0.263. The molecule has 0 aliphatic carbocycles. The van der Waals surface area contributed by atoms with E-state index in [2.05, 4.69) is 28.5 Å². The zero-order valence-electron chi connectivity index (χ0n) is 14.1. The highest BCUT2D eigenvalue weighted by molar-refractivity contribution is 8.13. The highest BCUT2D eigenvalue weighted by Gasteiger charge is 2.29. The van der Waals surface area contributed by atoms with Gasteiger partial charge in [-0.3, -0.25) is 14.8 Å². The van der Waals surface area contributed by atoms with Gasteiger partial charge >= 0.3 is 0 Å². The molecule has 0 amide bonds. The largest absolute Gasteiger partial charge is 0.379 e. The molecule has 6 heteroatoms. The monoisotopic (exact) mass is 352 g/mol. The number of hydrogen-bond donors (Lipinski definition) is 1. The maximum Gasteiger partial charge on any atom is 0.187 e. The summed E-state index contributed by atoms with van der Waals surface area (Å²) in [6.07, 6.45) is 5.84. The summed E-state index contributed by atoms with van der Waals surface area (Å²) in [7, 11) is 0. The van der Waals surface area contributed by atoms with Gasteiger partial charge in [0.15, 0.2) is 11.0 Å². The third-order valence-electron chi connectivity index (χ3n) is 4.28. The molecule has 2 N–H and O–H groups in total. The molecule has 0 saturated heterocycles. The van der Waals surface area contributed by atoms with Crippen molar-refractivity contribution in [2.45, 2.75) is 25.3 Å². The predicted molar refractivity (Wildman–Crippen MR) is 103 cm³/mol. The second-order valence-corrected chi connectivity index (χ2v) is 7.27. The molecule has 3 rings (SSSR count). The molecular formula is C19H20N4OS. The highest BCUT2D eigenvalue weighted by atomic mass is 32.2. The van der Waals surface area contributed by atoms with Gasteiger partial charge in [0.1, 0.15) is 5.69 Å². The Balaban J connectivity index is 1.80. The van der Waals surface area contributed by atoms with E-state index >= 15 is 0 Å². The summed E-state index contributed by atoms with van der Waals surface area (Å²) < 4.78 is 0. The summed E-state index contributed by atoms with van der Waals surface area (Å²) in [5.74, 6) is 0.882. The zero-order valence-corrected chi connectivity index (χ0v) is 14.9. The number of carbonyl (C=O) groups is 1. The van der Waals surface area contributed by atoms with Gasteiger partial charge < -0.3 is 5.73 Å². The van der Waals surface area contributed by atoms with Crippen LogP contribution in [-0.2, 0) is 12.0 Å². The lowest BCUT2D eigenvalue weighted by Crippen LogP contribution is -2.28. The first-order valence-corrected chi connectivity index (χ1v) is 9.04. The number of hydrogen-bond acceptors (Lipinski definition) is 6. The van der Waals surface area contributed by atoms with Crippen LogP contribution in [0.3, 0.4) is 0 Å². The van der Waals surface area contributed by atoms with E-state index in [9.17, 15) is 4.79 Å². The van der Waals surface area contributed by atoms with Gasteiger partial charge in [-0.05, 0) is 30.5 Å². The molecule has 2 aromatic rings. The molecule has 25 heavy (non-hydrogen) atoms. The molecule has 2 heterocycles. The molecule has 128 valence electrons. The van der Waals surface area contributed by atoms with Crippen LogP contribution in [0, 0.1) is 0 Å². The molecule has 0 radical (unpaired) electrons. The number of nitrogens with zero attached hydrogens (tertiary/aromatic N) is 3. The van der Waals surface area contributed by atoms with Gasteiger partial charge in [0.2, 0.25) is 0 Å². The normalized spacial score (nSPS) is 20.0. The first kappa shape index (κ1) is 17.4. The van der Waals surface area contributed by atoms with Crippen LogP contribution in [0.15, 0.2) is 48.2 Å². The number of aromatic nitrogens is 2. The van der Waals surface area contributed by atoms with Gasteiger partial charge in [0.05, 0.1) is 23.6 Å². The third kappa shape index (κ3) is 3.96. The second kappa shape index (κ2) is 7.19. The number of amidine groups is 1. The van der Waals surface area contributed by atoms with Crippen LogP contribution in [-0.4, -0.2) is 26.7 Å². The molecule has 1 aliphatic rings. The van der Waals surface area contributed by atoms with Crippen molar-refractivity contribution >= 4 is 28.8 Å². The van der Waals surface area contributed by atoms with Gasteiger partial charge in [-0.15, -0.1) is 0 Å². The van der Waals surface area contributed by atoms with Crippen LogP contribution < -0.4 is 5.73 Å². The zero-order chi connectivity index (χ0) is 17.9. The van der Waals surface area contributed by atoms with Crippen molar-refractivity contribution in [3.8, 4) is 0 Å². The number of nitrogens with two attached hydrogens (primary N) is 1. The van der Waals surface area contributed by atoms with Crippen molar-refractivity contribution in [1.82, 2.24) is 9.97 Å². The Bertz CT molecular complexity index is 832. The Hall–Kier alpha value is -2.47. The van der Waals surface area contributed by atoms with Crippen molar-refractivity contribution in [3.05, 3.63) is 65.8 Å². The van der Waals surface area contributed by atoms with Crippen LogP contribution >= 0.6 is 11.8 Å². The smallest absolute Gasteiger partial charge is 0.187 e. The van der Waals surface area contributed by atoms with E-state index in [1.54, 1.807) is 24.0 Å². The minimum atomic E-state index is -0.334. The lowest BCUT2D eigenvalue weighted by Gasteiger charge is -2.30. The average molecular weight is 352 g/mol.